The van der Waals surface area contributed by atoms with Crippen LogP contribution in [0.25, 0.3) is 0 Å². The van der Waals surface area contributed by atoms with Crippen molar-refractivity contribution in [1.29, 1.82) is 0 Å². The van der Waals surface area contributed by atoms with Crippen molar-refractivity contribution in [3.05, 3.63) is 107 Å². The van der Waals surface area contributed by atoms with Gasteiger partial charge in [-0.2, -0.15) is 0 Å². The topological polar surface area (TPSA) is 133 Å². The third-order valence-corrected chi connectivity index (χ3v) is 3.05. The second-order valence-electron chi connectivity index (χ2n) is 5.13. The summed E-state index contributed by atoms with van der Waals surface area (Å²) in [5, 5.41) is 21.3. The van der Waals surface area contributed by atoms with E-state index in [1.165, 1.54) is 36.4 Å². The maximum Gasteiger partial charge on any atom is 3.00 e. The molecule has 3 aromatic rings. The summed E-state index contributed by atoms with van der Waals surface area (Å²) < 4.78 is 0. The minimum Gasteiger partial charge on any atom is -0.587 e. The molecule has 28 heavy (non-hydrogen) atoms. The first-order chi connectivity index (χ1) is 12.9. The van der Waals surface area contributed by atoms with Gasteiger partial charge in [-0.25, -0.2) is 0 Å². The standard InChI is InChI=1S/3C7H6O2.Ce/c3*8-6-4-2-1-3-5-7(6)9;/h3*1-5H,(H,8,9);/q;;;+3/p+6. The Balaban J connectivity index is 0.000000384. The quantitative estimate of drug-likeness (QED) is 0.386. The van der Waals surface area contributed by atoms with Gasteiger partial charge >= 0.3 is 75.3 Å². The Morgan fingerprint density at radius 1 is 0.393 bits per heavy atom. The molecule has 6 nitrogen and oxygen atoms in total. The number of hydrogen-bond donors (Lipinski definition) is 0. The van der Waals surface area contributed by atoms with Crippen molar-refractivity contribution in [3.63, 3.8) is 0 Å². The molecule has 0 aliphatic heterocycles. The maximum absolute atomic E-state index is 8.89. The molecular formula is C21H24CeO6+9. The van der Waals surface area contributed by atoms with E-state index in [2.05, 4.69) is 0 Å². The average molecular weight is 513 g/mol. The van der Waals surface area contributed by atoms with Crippen LogP contribution in [0, 0.1) is 41.7 Å². The van der Waals surface area contributed by atoms with Gasteiger partial charge in [0.05, 0.1) is 18.2 Å². The molecule has 0 spiro atoms. The molecule has 0 heterocycles. The fourth-order valence-corrected chi connectivity index (χ4v) is 1.61. The Labute approximate surface area is 194 Å². The molecule has 0 saturated heterocycles. The SMILES string of the molecule is [Ce+3].[OH+]=c1cccccc1[OH2+].[OH+]=c1cccccc1[OH2+].[OH+]=c1cccccc1[OH2+]. The van der Waals surface area contributed by atoms with Crippen molar-refractivity contribution >= 4 is 0 Å². The molecule has 0 saturated carbocycles. The van der Waals surface area contributed by atoms with Crippen molar-refractivity contribution < 1.29 is 71.5 Å². The van der Waals surface area contributed by atoms with Crippen LogP contribution in [0.5, 0.6) is 17.2 Å². The van der Waals surface area contributed by atoms with E-state index in [4.69, 9.17) is 29.7 Å². The number of rotatable bonds is 0. The molecule has 9 N–H and O–H groups in total. The van der Waals surface area contributed by atoms with Crippen LogP contribution >= 0.6 is 0 Å². The molecule has 0 amide bonds. The van der Waals surface area contributed by atoms with Crippen LogP contribution in [-0.2, 0) is 0 Å². The predicted octanol–water partition coefficient (Wildman–Crippen LogP) is 0.387. The van der Waals surface area contributed by atoms with Crippen LogP contribution in [0.15, 0.2) is 91.0 Å². The van der Waals surface area contributed by atoms with Gasteiger partial charge in [-0.05, 0) is 0 Å². The van der Waals surface area contributed by atoms with Gasteiger partial charge < -0.3 is 15.3 Å². The molecule has 0 fully saturated rings. The Morgan fingerprint density at radius 3 is 0.857 bits per heavy atom. The number of hydrogen-bond acceptors (Lipinski definition) is 0. The molecule has 1 radical (unpaired) electrons. The van der Waals surface area contributed by atoms with Crippen molar-refractivity contribution in [2.24, 2.45) is 0 Å². The summed E-state index contributed by atoms with van der Waals surface area (Å²) in [6.07, 6.45) is 0. The van der Waals surface area contributed by atoms with Crippen LogP contribution in [0.1, 0.15) is 0 Å². The maximum atomic E-state index is 8.89. The van der Waals surface area contributed by atoms with E-state index in [0.717, 1.165) is 0 Å². The molecule has 3 rings (SSSR count). The second kappa shape index (κ2) is 14.5. The zero-order valence-electron chi connectivity index (χ0n) is 15.0. The van der Waals surface area contributed by atoms with Gasteiger partial charge in [-0.1, -0.05) is 54.6 Å². The molecule has 0 aliphatic carbocycles. The molecule has 0 aromatic heterocycles. The van der Waals surface area contributed by atoms with Crippen LogP contribution in [0.4, 0.5) is 0 Å². The fraction of sp³-hybridized carbons (Fsp3) is 0. The molecule has 139 valence electrons. The van der Waals surface area contributed by atoms with Gasteiger partial charge in [0.2, 0.25) is 0 Å². The van der Waals surface area contributed by atoms with Gasteiger partial charge in [-0.15, -0.1) is 0 Å². The molecule has 3 aromatic carbocycles. The summed E-state index contributed by atoms with van der Waals surface area (Å²) in [5.74, 6) is 0.458. The van der Waals surface area contributed by atoms with Crippen molar-refractivity contribution in [2.45, 2.75) is 0 Å². The first kappa shape index (κ1) is 25.4. The van der Waals surface area contributed by atoms with E-state index in [1.807, 2.05) is 0 Å². The van der Waals surface area contributed by atoms with E-state index < -0.39 is 0 Å². The minimum atomic E-state index is 0. The first-order valence-electron chi connectivity index (χ1n) is 7.90. The zero-order chi connectivity index (χ0) is 20.1. The average Bonchev–Trinajstić information content (AvgIpc) is 3.04. The summed E-state index contributed by atoms with van der Waals surface area (Å²) in [6.45, 7) is 0. The van der Waals surface area contributed by atoms with E-state index in [9.17, 15) is 0 Å². The van der Waals surface area contributed by atoms with Gasteiger partial charge in [0.15, 0.2) is 0 Å². The summed E-state index contributed by atoms with van der Waals surface area (Å²) in [7, 11) is 0. The second-order valence-corrected chi connectivity index (χ2v) is 5.13. The van der Waals surface area contributed by atoms with E-state index in [-0.39, 0.29) is 75.3 Å². The van der Waals surface area contributed by atoms with Gasteiger partial charge in [0.1, 0.15) is 0 Å². The third kappa shape index (κ3) is 10.6. The predicted molar refractivity (Wildman–Crippen MR) is 104 cm³/mol. The van der Waals surface area contributed by atoms with Crippen LogP contribution in [0.2, 0.25) is 0 Å². The molecule has 0 aliphatic rings. The van der Waals surface area contributed by atoms with Gasteiger partial charge in [0.25, 0.3) is 0 Å². The van der Waals surface area contributed by atoms with E-state index in [1.54, 1.807) is 54.6 Å². The smallest absolute Gasteiger partial charge is 0.587 e. The summed E-state index contributed by atoms with van der Waals surface area (Å²) in [6, 6.07) is 24.6. The minimum absolute atomic E-state index is 0. The fourth-order valence-electron chi connectivity index (χ4n) is 1.61. The summed E-state index contributed by atoms with van der Waals surface area (Å²) >= 11 is 0. The van der Waals surface area contributed by atoms with E-state index in [0.29, 0.717) is 0 Å². The van der Waals surface area contributed by atoms with Crippen LogP contribution in [-0.4, -0.2) is 29.7 Å². The first-order valence-corrected chi connectivity index (χ1v) is 7.90. The van der Waals surface area contributed by atoms with Crippen molar-refractivity contribution in [2.75, 3.05) is 0 Å². The third-order valence-electron chi connectivity index (χ3n) is 3.05. The van der Waals surface area contributed by atoms with Crippen molar-refractivity contribution in [3.8, 4) is 17.2 Å². The molecule has 0 bridgehead atoms. The van der Waals surface area contributed by atoms with Crippen LogP contribution < -0.4 is 16.3 Å². The van der Waals surface area contributed by atoms with Gasteiger partial charge in [0, 0.05) is 18.2 Å². The molecule has 7 heteroatoms. The Kier molecular flexibility index (Phi) is 13.2. The summed E-state index contributed by atoms with van der Waals surface area (Å²) in [4.78, 5) is 26.7. The Hall–Kier alpha value is -2.55. The molecule has 0 atom stereocenters. The van der Waals surface area contributed by atoms with Crippen molar-refractivity contribution in [1.82, 2.24) is 0 Å². The monoisotopic (exact) mass is 512 g/mol. The van der Waals surface area contributed by atoms with Gasteiger partial charge in [-0.3, -0.25) is 14.4 Å². The Morgan fingerprint density at radius 2 is 0.607 bits per heavy atom. The van der Waals surface area contributed by atoms with Crippen LogP contribution in [0.3, 0.4) is 0 Å². The summed E-state index contributed by atoms with van der Waals surface area (Å²) in [5.41, 5.74) is 0.0417. The Bertz CT molecular complexity index is 906. The molecular weight excluding hydrogens is 488 g/mol. The zero-order valence-corrected chi connectivity index (χ0v) is 18.1. The normalized spacial score (nSPS) is 8.57. The van der Waals surface area contributed by atoms with E-state index >= 15 is 0 Å². The molecule has 0 unspecified atom stereocenters. The largest absolute Gasteiger partial charge is 3.00 e.